The van der Waals surface area contributed by atoms with Crippen molar-refractivity contribution in [3.63, 3.8) is 0 Å². The van der Waals surface area contributed by atoms with Gasteiger partial charge in [-0.3, -0.25) is 9.87 Å². The molecule has 2 aromatic rings. The number of carbonyl (C=O) groups is 1. The van der Waals surface area contributed by atoms with E-state index in [2.05, 4.69) is 9.87 Å². The number of hydrogen-bond acceptors (Lipinski definition) is 4. The van der Waals surface area contributed by atoms with E-state index in [0.717, 1.165) is 11.1 Å². The molecule has 1 aromatic carbocycles. The largest absolute Gasteiger partial charge is 0.374 e. The lowest BCUT2D eigenvalue weighted by atomic mass is 10.1. The first-order valence-corrected chi connectivity index (χ1v) is 6.13. The molecule has 0 bridgehead atoms. The number of hydrogen-bond donors (Lipinski definition) is 1. The molecule has 0 fully saturated rings. The summed E-state index contributed by atoms with van der Waals surface area (Å²) < 4.78 is 0. The van der Waals surface area contributed by atoms with Crippen LogP contribution in [0.25, 0.3) is 0 Å². The van der Waals surface area contributed by atoms with E-state index in [9.17, 15) is 4.79 Å². The highest BCUT2D eigenvalue weighted by atomic mass is 17.1. The summed E-state index contributed by atoms with van der Waals surface area (Å²) >= 11 is 0. The van der Waals surface area contributed by atoms with Crippen LogP contribution in [0.4, 0.5) is 0 Å². The van der Waals surface area contributed by atoms with Crippen molar-refractivity contribution in [2.75, 3.05) is 0 Å². The van der Waals surface area contributed by atoms with Crippen molar-refractivity contribution in [1.82, 2.24) is 4.98 Å². The maximum Gasteiger partial charge on any atom is 0.374 e. The van der Waals surface area contributed by atoms with Crippen LogP contribution in [0.2, 0.25) is 0 Å². The zero-order chi connectivity index (χ0) is 14.1. The van der Waals surface area contributed by atoms with Gasteiger partial charge in [-0.05, 0) is 23.6 Å². The first-order chi connectivity index (χ1) is 9.29. The molecule has 0 saturated heterocycles. The van der Waals surface area contributed by atoms with Crippen molar-refractivity contribution in [3.8, 4) is 0 Å². The van der Waals surface area contributed by atoms with E-state index in [1.807, 2.05) is 44.2 Å². The molecule has 0 saturated carbocycles. The van der Waals surface area contributed by atoms with Crippen LogP contribution in [0.15, 0.2) is 48.8 Å². The van der Waals surface area contributed by atoms with Crippen molar-refractivity contribution in [3.05, 3.63) is 65.5 Å². The van der Waals surface area contributed by atoms with Crippen molar-refractivity contribution in [1.29, 1.82) is 0 Å². The molecule has 4 heteroatoms. The fourth-order valence-corrected chi connectivity index (χ4v) is 1.58. The van der Waals surface area contributed by atoms with Crippen LogP contribution in [-0.4, -0.2) is 16.2 Å². The van der Waals surface area contributed by atoms with Gasteiger partial charge in [-0.25, -0.2) is 4.79 Å². The Labute approximate surface area is 112 Å². The van der Waals surface area contributed by atoms with Crippen molar-refractivity contribution < 1.29 is 14.9 Å². The second kappa shape index (κ2) is 8.00. The first-order valence-electron chi connectivity index (χ1n) is 6.13. The van der Waals surface area contributed by atoms with E-state index in [0.29, 0.717) is 6.42 Å². The Morgan fingerprint density at radius 3 is 2.47 bits per heavy atom. The zero-order valence-electron chi connectivity index (χ0n) is 11.0. The number of benzene rings is 1. The molecule has 0 atom stereocenters. The van der Waals surface area contributed by atoms with Gasteiger partial charge in [0.05, 0.1) is 5.56 Å². The number of carbonyl (C=O) groups excluding carboxylic acids is 1. The molecule has 0 aliphatic carbocycles. The summed E-state index contributed by atoms with van der Waals surface area (Å²) in [5.74, 6) is -0.799. The van der Waals surface area contributed by atoms with Crippen LogP contribution in [0, 0.1) is 0 Å². The summed E-state index contributed by atoms with van der Waals surface area (Å²) in [5, 5.41) is 8.29. The highest BCUT2D eigenvalue weighted by molar-refractivity contribution is 5.88. The Hall–Kier alpha value is -2.20. The quantitative estimate of drug-likeness (QED) is 0.678. The molecule has 0 aliphatic heterocycles. The minimum Gasteiger partial charge on any atom is -0.295 e. The molecule has 100 valence electrons. The van der Waals surface area contributed by atoms with E-state index < -0.39 is 5.97 Å². The summed E-state index contributed by atoms with van der Waals surface area (Å²) in [6, 6.07) is 11.5. The van der Waals surface area contributed by atoms with Gasteiger partial charge in [-0.2, -0.15) is 5.26 Å². The van der Waals surface area contributed by atoms with Gasteiger partial charge in [-0.1, -0.05) is 44.2 Å². The molecule has 19 heavy (non-hydrogen) atoms. The summed E-state index contributed by atoms with van der Waals surface area (Å²) in [6.45, 7) is 4.00. The van der Waals surface area contributed by atoms with E-state index >= 15 is 0 Å². The smallest absolute Gasteiger partial charge is 0.295 e. The maximum atomic E-state index is 11.1. The molecule has 1 heterocycles. The maximum absolute atomic E-state index is 11.1. The van der Waals surface area contributed by atoms with Crippen LogP contribution in [0.1, 0.15) is 35.3 Å². The Balaban J connectivity index is 0.000000861. The normalized spacial score (nSPS) is 9.21. The fourth-order valence-electron chi connectivity index (χ4n) is 1.58. The highest BCUT2D eigenvalue weighted by Crippen LogP contribution is 2.10. The third kappa shape index (κ3) is 4.52. The van der Waals surface area contributed by atoms with E-state index in [1.54, 1.807) is 12.3 Å². The van der Waals surface area contributed by atoms with Gasteiger partial charge in [0, 0.05) is 12.4 Å². The second-order valence-electron chi connectivity index (χ2n) is 3.62. The number of rotatable bonds is 3. The summed E-state index contributed by atoms with van der Waals surface area (Å²) in [4.78, 5) is 18.7. The topological polar surface area (TPSA) is 59.4 Å². The summed E-state index contributed by atoms with van der Waals surface area (Å²) in [5.41, 5.74) is 2.25. The third-order valence-corrected chi connectivity index (χ3v) is 2.36. The molecule has 0 unspecified atom stereocenters. The highest BCUT2D eigenvalue weighted by Gasteiger charge is 2.08. The fraction of sp³-hybridized carbons (Fsp3) is 0.200. The van der Waals surface area contributed by atoms with Gasteiger partial charge in [0.1, 0.15) is 0 Å². The van der Waals surface area contributed by atoms with Crippen molar-refractivity contribution in [2.24, 2.45) is 0 Å². The number of nitrogens with zero attached hydrogens (tertiary/aromatic N) is 1. The van der Waals surface area contributed by atoms with Crippen LogP contribution < -0.4 is 0 Å². The second-order valence-corrected chi connectivity index (χ2v) is 3.62. The van der Waals surface area contributed by atoms with Gasteiger partial charge in [-0.15, -0.1) is 0 Å². The Bertz CT molecular complexity index is 512. The van der Waals surface area contributed by atoms with Gasteiger partial charge < -0.3 is 0 Å². The predicted octanol–water partition coefficient (Wildman–Crippen LogP) is 3.33. The van der Waals surface area contributed by atoms with E-state index in [-0.39, 0.29) is 5.56 Å². The minimum absolute atomic E-state index is 0.237. The molecular formula is C15H17NO3. The van der Waals surface area contributed by atoms with Crippen molar-refractivity contribution in [2.45, 2.75) is 20.3 Å². The van der Waals surface area contributed by atoms with Crippen molar-refractivity contribution >= 4 is 5.97 Å². The summed E-state index contributed by atoms with van der Waals surface area (Å²) in [7, 11) is 0. The van der Waals surface area contributed by atoms with Crippen LogP contribution in [0.5, 0.6) is 0 Å². The standard InChI is InChI=1S/C13H11NO3.C2H6/c15-13(17-16)12-7-11(8-14-9-12)6-10-4-2-1-3-5-10;1-2/h1-5,7-9,16H,6H2;1-2H3. The lowest BCUT2D eigenvalue weighted by Crippen LogP contribution is -2.03. The SMILES string of the molecule is CC.O=C(OO)c1cncc(Cc2ccccc2)c1. The van der Waals surface area contributed by atoms with E-state index in [1.165, 1.54) is 6.20 Å². The zero-order valence-corrected chi connectivity index (χ0v) is 11.0. The molecule has 0 radical (unpaired) electrons. The number of aromatic nitrogens is 1. The predicted molar refractivity (Wildman–Crippen MR) is 72.9 cm³/mol. The van der Waals surface area contributed by atoms with Gasteiger partial charge >= 0.3 is 5.97 Å². The lowest BCUT2D eigenvalue weighted by molar-refractivity contribution is -0.182. The Morgan fingerprint density at radius 2 is 1.84 bits per heavy atom. The van der Waals surface area contributed by atoms with Gasteiger partial charge in [0.15, 0.2) is 0 Å². The molecule has 2 rings (SSSR count). The average Bonchev–Trinajstić information content (AvgIpc) is 2.50. The third-order valence-electron chi connectivity index (χ3n) is 2.36. The average molecular weight is 259 g/mol. The summed E-state index contributed by atoms with van der Waals surface area (Å²) in [6.07, 6.45) is 3.72. The monoisotopic (exact) mass is 259 g/mol. The Morgan fingerprint density at radius 1 is 1.16 bits per heavy atom. The lowest BCUT2D eigenvalue weighted by Gasteiger charge is -2.02. The molecule has 4 nitrogen and oxygen atoms in total. The van der Waals surface area contributed by atoms with Crippen LogP contribution in [0.3, 0.4) is 0 Å². The van der Waals surface area contributed by atoms with E-state index in [4.69, 9.17) is 5.26 Å². The van der Waals surface area contributed by atoms with Gasteiger partial charge in [0.2, 0.25) is 0 Å². The molecule has 0 spiro atoms. The molecule has 0 aliphatic rings. The van der Waals surface area contributed by atoms with Crippen LogP contribution >= 0.6 is 0 Å². The molecule has 1 aromatic heterocycles. The molecule has 0 amide bonds. The minimum atomic E-state index is -0.799. The van der Waals surface area contributed by atoms with Crippen LogP contribution in [-0.2, 0) is 11.3 Å². The Kier molecular flexibility index (Phi) is 6.26. The van der Waals surface area contributed by atoms with Gasteiger partial charge in [0.25, 0.3) is 0 Å². The molecule has 1 N–H and O–H groups in total. The first kappa shape index (κ1) is 14.9. The molecular weight excluding hydrogens is 242 g/mol. The number of pyridine rings is 1.